The highest BCUT2D eigenvalue weighted by Gasteiger charge is 2.60. The molecule has 3 rings (SSSR count). The average molecular weight is 605 g/mol. The minimum absolute atomic E-state index is 0.0718. The number of phosphoric acid groups is 1. The number of ether oxygens (including phenoxy) is 6. The molecule has 3 saturated heterocycles. The van der Waals surface area contributed by atoms with Gasteiger partial charge in [0.05, 0.1) is 25.4 Å². The van der Waals surface area contributed by atoms with Crippen molar-refractivity contribution in [1.29, 1.82) is 0 Å². The molecule has 0 aromatic rings. The van der Waals surface area contributed by atoms with Crippen LogP contribution in [0.15, 0.2) is 11.3 Å². The number of carbonyl (C=O) groups excluding carboxylic acids is 1. The van der Waals surface area contributed by atoms with E-state index in [1.807, 2.05) is 0 Å². The lowest BCUT2D eigenvalue weighted by molar-refractivity contribution is -0.235. The lowest BCUT2D eigenvalue weighted by Gasteiger charge is -2.29. The minimum Gasteiger partial charge on any atom is -0.453 e. The van der Waals surface area contributed by atoms with E-state index in [2.05, 4.69) is 31.1 Å². The first-order valence-electron chi connectivity index (χ1n) is 13.8. The van der Waals surface area contributed by atoms with Crippen LogP contribution in [0, 0.1) is 11.5 Å². The molecule has 0 N–H and O–H groups in total. The zero-order valence-electron chi connectivity index (χ0n) is 25.4. The van der Waals surface area contributed by atoms with Crippen LogP contribution in [0.4, 0.5) is 0 Å². The quantitative estimate of drug-likeness (QED) is 0.0787. The molecule has 0 radical (unpaired) electrons. The highest BCUT2D eigenvalue weighted by molar-refractivity contribution is 7.48. The molecule has 3 aliphatic heterocycles. The van der Waals surface area contributed by atoms with Gasteiger partial charge in [0.25, 0.3) is 0 Å². The van der Waals surface area contributed by atoms with E-state index in [0.717, 1.165) is 0 Å². The predicted molar refractivity (Wildman–Crippen MR) is 148 cm³/mol. The first kappa shape index (κ1) is 33.2. The number of carbonyl (C=O) groups is 1. The van der Waals surface area contributed by atoms with E-state index in [1.165, 1.54) is 6.92 Å². The van der Waals surface area contributed by atoms with E-state index in [-0.39, 0.29) is 37.6 Å². The lowest BCUT2D eigenvalue weighted by Crippen LogP contribution is -2.45. The molecule has 0 bridgehead atoms. The van der Waals surface area contributed by atoms with Crippen molar-refractivity contribution in [3.05, 3.63) is 11.3 Å². The monoisotopic (exact) mass is 604 g/mol. The lowest BCUT2D eigenvalue weighted by atomic mass is 10.0. The highest BCUT2D eigenvalue weighted by Crippen LogP contribution is 2.52. The Labute approximate surface area is 239 Å². The summed E-state index contributed by atoms with van der Waals surface area (Å²) in [7, 11) is -5.57. The van der Waals surface area contributed by atoms with Crippen molar-refractivity contribution in [2.75, 3.05) is 19.8 Å². The van der Waals surface area contributed by atoms with E-state index >= 15 is 0 Å². The Balaban J connectivity index is 1.90. The van der Waals surface area contributed by atoms with E-state index in [0.29, 0.717) is 6.42 Å². The van der Waals surface area contributed by atoms with Crippen LogP contribution in [-0.4, -0.2) is 76.1 Å². The molecular weight excluding hydrogens is 559 g/mol. The van der Waals surface area contributed by atoms with Crippen molar-refractivity contribution < 1.29 is 51.4 Å². The zero-order valence-corrected chi connectivity index (χ0v) is 27.3. The fourth-order valence-corrected chi connectivity index (χ4v) is 6.49. The molecule has 0 spiro atoms. The van der Waals surface area contributed by atoms with Gasteiger partial charge in [0, 0.05) is 6.42 Å². The maximum Gasteiger partial charge on any atom is 0.529 e. The summed E-state index contributed by atoms with van der Waals surface area (Å²) < 4.78 is 65.3. The molecule has 40 heavy (non-hydrogen) atoms. The van der Waals surface area contributed by atoms with Crippen molar-refractivity contribution in [3.63, 3.8) is 0 Å². The number of esters is 1. The second kappa shape index (κ2) is 12.9. The molecule has 13 heteroatoms. The van der Waals surface area contributed by atoms with Gasteiger partial charge in [-0.25, -0.2) is 9.36 Å². The van der Waals surface area contributed by atoms with Gasteiger partial charge >= 0.3 is 13.8 Å². The Kier molecular flexibility index (Phi) is 10.8. The fraction of sp³-hybridized carbons (Fsp3) is 0.815. The van der Waals surface area contributed by atoms with Crippen molar-refractivity contribution in [2.24, 2.45) is 0 Å². The standard InChI is InChI=1S/C27H45O11PSi/c1-11-31-39(29,32-12-2)38-18(3)19(15-13-14-16-40(8,9)10)24(28)33-22-21(20-17-30-26(4,5)35-20)34-25-23(22)36-27(6,7)37-25/h20-23,25H,11-13,15,17H2,1-10H3/b19-18-/t20-,21-,22+,23+,25+/m0/s1. The first-order chi connectivity index (χ1) is 18.5. The van der Waals surface area contributed by atoms with Gasteiger partial charge in [0.15, 0.2) is 30.1 Å². The SMILES string of the molecule is CCOP(=O)(OCC)O/C(C)=C(/CCC#C[Si](C)(C)C)C(=O)O[C@@H]1[C@H]([C@@H]2COC(C)(C)O2)O[C@@H]2OC(C)(C)O[C@@H]21. The van der Waals surface area contributed by atoms with Gasteiger partial charge in [-0.1, -0.05) is 19.6 Å². The third-order valence-electron chi connectivity index (χ3n) is 6.12. The van der Waals surface area contributed by atoms with Gasteiger partial charge in [0.2, 0.25) is 0 Å². The van der Waals surface area contributed by atoms with E-state index in [9.17, 15) is 9.36 Å². The molecule has 228 valence electrons. The third kappa shape index (κ3) is 8.87. The summed E-state index contributed by atoms with van der Waals surface area (Å²) in [5, 5.41) is 0. The Bertz CT molecular complexity index is 1040. The molecule has 0 aromatic heterocycles. The molecule has 0 saturated carbocycles. The smallest absolute Gasteiger partial charge is 0.453 e. The van der Waals surface area contributed by atoms with Gasteiger partial charge < -0.3 is 32.9 Å². The van der Waals surface area contributed by atoms with Crippen LogP contribution in [0.5, 0.6) is 0 Å². The van der Waals surface area contributed by atoms with Crippen LogP contribution < -0.4 is 0 Å². The summed E-state index contributed by atoms with van der Waals surface area (Å²) in [6.07, 6.45) is -2.97. The predicted octanol–water partition coefficient (Wildman–Crippen LogP) is 5.06. The topological polar surface area (TPSA) is 117 Å². The van der Waals surface area contributed by atoms with E-state index in [4.69, 9.17) is 42.0 Å². The fourth-order valence-electron chi connectivity index (χ4n) is 4.58. The molecule has 11 nitrogen and oxygen atoms in total. The first-order valence-corrected chi connectivity index (χ1v) is 18.8. The number of rotatable bonds is 11. The summed E-state index contributed by atoms with van der Waals surface area (Å²) in [6, 6.07) is 0. The van der Waals surface area contributed by atoms with Crippen LogP contribution >= 0.6 is 7.82 Å². The van der Waals surface area contributed by atoms with Gasteiger partial charge in [-0.3, -0.25) is 9.05 Å². The molecule has 0 amide bonds. The summed E-state index contributed by atoms with van der Waals surface area (Å²) >= 11 is 0. The Morgan fingerprint density at radius 2 is 1.65 bits per heavy atom. The Morgan fingerprint density at radius 1 is 1.00 bits per heavy atom. The van der Waals surface area contributed by atoms with Crippen molar-refractivity contribution >= 4 is 21.9 Å². The van der Waals surface area contributed by atoms with Crippen molar-refractivity contribution in [1.82, 2.24) is 0 Å². The number of allylic oxidation sites excluding steroid dienone is 1. The van der Waals surface area contributed by atoms with E-state index < -0.39 is 64.1 Å². The average Bonchev–Trinajstić information content (AvgIpc) is 3.42. The minimum atomic E-state index is -3.95. The maximum absolute atomic E-state index is 13.8. The molecule has 3 heterocycles. The van der Waals surface area contributed by atoms with E-state index in [1.54, 1.807) is 41.5 Å². The van der Waals surface area contributed by atoms with Crippen LogP contribution in [0.2, 0.25) is 19.6 Å². The van der Waals surface area contributed by atoms with Gasteiger partial charge in [-0.2, -0.15) is 0 Å². The maximum atomic E-state index is 13.8. The van der Waals surface area contributed by atoms with Crippen LogP contribution in [0.1, 0.15) is 61.3 Å². The molecular formula is C27H45O11PSi. The summed E-state index contributed by atoms with van der Waals surface area (Å²) in [6.45, 7) is 18.9. The molecule has 0 unspecified atom stereocenters. The summed E-state index contributed by atoms with van der Waals surface area (Å²) in [4.78, 5) is 13.8. The highest BCUT2D eigenvalue weighted by atomic mass is 31.2. The van der Waals surface area contributed by atoms with Gasteiger partial charge in [-0.15, -0.1) is 11.5 Å². The third-order valence-corrected chi connectivity index (χ3v) is 8.70. The molecule has 0 aliphatic carbocycles. The van der Waals surface area contributed by atoms with Gasteiger partial charge in [0.1, 0.15) is 26.0 Å². The zero-order chi connectivity index (χ0) is 29.9. The van der Waals surface area contributed by atoms with Crippen molar-refractivity contribution in [3.8, 4) is 11.5 Å². The number of hydrogen-bond acceptors (Lipinski definition) is 11. The second-order valence-electron chi connectivity index (χ2n) is 11.8. The molecule has 5 atom stereocenters. The summed E-state index contributed by atoms with van der Waals surface area (Å²) in [5.74, 6) is 0.807. The van der Waals surface area contributed by atoms with Crippen LogP contribution in [0.25, 0.3) is 0 Å². The molecule has 3 aliphatic rings. The van der Waals surface area contributed by atoms with Crippen molar-refractivity contribution in [2.45, 2.75) is 123 Å². The Hall–Kier alpha value is -1.26. The van der Waals surface area contributed by atoms with Crippen LogP contribution in [0.3, 0.4) is 0 Å². The number of fused-ring (bicyclic) bond motifs is 1. The molecule has 3 fully saturated rings. The number of hydrogen-bond donors (Lipinski definition) is 0. The summed E-state index contributed by atoms with van der Waals surface area (Å²) in [5.41, 5.74) is 3.45. The second-order valence-corrected chi connectivity index (χ2v) is 18.1. The largest absolute Gasteiger partial charge is 0.529 e. The molecule has 0 aromatic carbocycles. The van der Waals surface area contributed by atoms with Crippen LogP contribution in [-0.2, 0) is 51.4 Å². The number of phosphoric ester groups is 1. The van der Waals surface area contributed by atoms with Gasteiger partial charge in [-0.05, 0) is 54.9 Å². The normalized spacial score (nSPS) is 29.8. The Morgan fingerprint density at radius 3 is 2.20 bits per heavy atom.